The molecule has 2 fully saturated rings. The Bertz CT molecular complexity index is 838. The van der Waals surface area contributed by atoms with Crippen LogP contribution in [0.2, 0.25) is 0 Å². The molecule has 0 radical (unpaired) electrons. The van der Waals surface area contributed by atoms with Crippen molar-refractivity contribution in [1.82, 2.24) is 14.8 Å². The Morgan fingerprint density at radius 3 is 2.20 bits per heavy atom. The topological polar surface area (TPSA) is 53.5 Å². The molecule has 2 aliphatic rings. The van der Waals surface area contributed by atoms with Gasteiger partial charge in [-0.25, -0.2) is 4.39 Å². The van der Waals surface area contributed by atoms with Crippen LogP contribution in [0, 0.1) is 5.82 Å². The Morgan fingerprint density at radius 2 is 1.63 bits per heavy atom. The number of amides is 2. The van der Waals surface area contributed by atoms with Crippen molar-refractivity contribution < 1.29 is 14.0 Å². The van der Waals surface area contributed by atoms with E-state index in [2.05, 4.69) is 4.98 Å². The molecule has 2 heterocycles. The van der Waals surface area contributed by atoms with Gasteiger partial charge in [0.1, 0.15) is 5.82 Å². The molecule has 1 aliphatic heterocycles. The van der Waals surface area contributed by atoms with Gasteiger partial charge >= 0.3 is 11.8 Å². The fourth-order valence-corrected chi connectivity index (χ4v) is 3.44. The molecule has 5 nitrogen and oxygen atoms in total. The third kappa shape index (κ3) is 5.23. The smallest absolute Gasteiger partial charge is 0.312 e. The Hall–Kier alpha value is -2.76. The maximum atomic E-state index is 14.5. The monoisotopic (exact) mass is 413 g/mol. The number of halogens is 1. The van der Waals surface area contributed by atoms with E-state index < -0.39 is 17.6 Å². The van der Waals surface area contributed by atoms with Crippen LogP contribution in [0.1, 0.15) is 52.7 Å². The lowest BCUT2D eigenvalue weighted by molar-refractivity contribution is -0.159. The van der Waals surface area contributed by atoms with Crippen molar-refractivity contribution >= 4 is 11.8 Å². The zero-order valence-corrected chi connectivity index (χ0v) is 18.4. The number of aromatic nitrogens is 1. The summed E-state index contributed by atoms with van der Waals surface area (Å²) in [6.45, 7) is 8.95. The van der Waals surface area contributed by atoms with Crippen LogP contribution in [-0.4, -0.2) is 45.7 Å². The predicted octanol–water partition coefficient (Wildman–Crippen LogP) is 4.66. The van der Waals surface area contributed by atoms with Crippen LogP contribution in [0.25, 0.3) is 11.1 Å². The summed E-state index contributed by atoms with van der Waals surface area (Å²) in [5.41, 5.74) is 1.75. The molecule has 1 aromatic carbocycles. The van der Waals surface area contributed by atoms with Crippen LogP contribution in [0.15, 0.2) is 42.6 Å². The van der Waals surface area contributed by atoms with Crippen LogP contribution < -0.4 is 0 Å². The molecule has 1 aromatic heterocycles. The Balaban J connectivity index is 0.000000757. The SMILES string of the molecule is CC.CC.O=C1C(=O)N(C2CCC2)CCN1Cc1ncc(-c2ccccc2)cc1F. The Labute approximate surface area is 178 Å². The van der Waals surface area contributed by atoms with Gasteiger partial charge in [0, 0.05) is 30.9 Å². The van der Waals surface area contributed by atoms with Crippen molar-refractivity contribution in [3.63, 3.8) is 0 Å². The predicted molar refractivity (Wildman–Crippen MR) is 117 cm³/mol. The summed E-state index contributed by atoms with van der Waals surface area (Å²) in [6, 6.07) is 11.1. The van der Waals surface area contributed by atoms with Crippen LogP contribution in [-0.2, 0) is 16.1 Å². The molecule has 162 valence electrons. The summed E-state index contributed by atoms with van der Waals surface area (Å²) >= 11 is 0. The highest BCUT2D eigenvalue weighted by atomic mass is 19.1. The van der Waals surface area contributed by atoms with Crippen molar-refractivity contribution in [2.45, 2.75) is 59.5 Å². The van der Waals surface area contributed by atoms with Crippen LogP contribution in [0.5, 0.6) is 0 Å². The third-order valence-electron chi connectivity index (χ3n) is 5.22. The highest BCUT2D eigenvalue weighted by molar-refractivity contribution is 6.35. The van der Waals surface area contributed by atoms with Gasteiger partial charge in [-0.3, -0.25) is 14.6 Å². The summed E-state index contributed by atoms with van der Waals surface area (Å²) in [4.78, 5) is 31.9. The quantitative estimate of drug-likeness (QED) is 0.685. The summed E-state index contributed by atoms with van der Waals surface area (Å²) < 4.78 is 14.5. The van der Waals surface area contributed by atoms with Crippen molar-refractivity contribution in [2.24, 2.45) is 0 Å². The van der Waals surface area contributed by atoms with Crippen LogP contribution in [0.3, 0.4) is 0 Å². The second-order valence-corrected chi connectivity index (χ2v) is 6.83. The van der Waals surface area contributed by atoms with Crippen molar-refractivity contribution in [3.05, 3.63) is 54.1 Å². The van der Waals surface area contributed by atoms with Gasteiger partial charge in [0.25, 0.3) is 0 Å². The summed E-state index contributed by atoms with van der Waals surface area (Å²) in [7, 11) is 0. The first-order chi connectivity index (χ1) is 14.6. The number of carbonyl (C=O) groups excluding carboxylic acids is 2. The molecule has 1 saturated carbocycles. The highest BCUT2D eigenvalue weighted by Crippen LogP contribution is 2.27. The summed E-state index contributed by atoms with van der Waals surface area (Å²) in [5.74, 6) is -1.49. The second-order valence-electron chi connectivity index (χ2n) is 6.83. The van der Waals surface area contributed by atoms with Gasteiger partial charge in [0.05, 0.1) is 12.2 Å². The van der Waals surface area contributed by atoms with Gasteiger partial charge in [-0.2, -0.15) is 0 Å². The fourth-order valence-electron chi connectivity index (χ4n) is 3.44. The van der Waals surface area contributed by atoms with Gasteiger partial charge in [-0.1, -0.05) is 58.0 Å². The molecular weight excluding hydrogens is 381 g/mol. The number of carbonyl (C=O) groups is 2. The summed E-state index contributed by atoms with van der Waals surface area (Å²) in [6.07, 6.45) is 4.65. The largest absolute Gasteiger partial charge is 0.330 e. The van der Waals surface area contributed by atoms with E-state index in [1.54, 1.807) is 11.1 Å². The van der Waals surface area contributed by atoms with Gasteiger partial charge in [0.2, 0.25) is 0 Å². The maximum absolute atomic E-state index is 14.5. The second kappa shape index (κ2) is 11.4. The molecule has 0 unspecified atom stereocenters. The number of pyridine rings is 1. The van der Waals surface area contributed by atoms with Gasteiger partial charge in [-0.15, -0.1) is 0 Å². The average Bonchev–Trinajstić information content (AvgIpc) is 2.77. The number of nitrogens with zero attached hydrogens (tertiary/aromatic N) is 3. The van der Waals surface area contributed by atoms with Crippen molar-refractivity contribution in [2.75, 3.05) is 13.1 Å². The lowest BCUT2D eigenvalue weighted by Gasteiger charge is -2.42. The molecule has 0 N–H and O–H groups in total. The molecule has 1 aliphatic carbocycles. The minimum Gasteiger partial charge on any atom is -0.330 e. The average molecular weight is 414 g/mol. The van der Waals surface area contributed by atoms with E-state index in [0.29, 0.717) is 18.7 Å². The standard InChI is InChI=1S/C20H20FN3O2.2C2H6/c21-17-11-15(14-5-2-1-3-6-14)12-22-18(17)13-23-9-10-24(16-7-4-8-16)20(26)19(23)25;2*1-2/h1-3,5-6,11-12,16H,4,7-10,13H2;2*1-2H3. The fraction of sp³-hybridized carbons (Fsp3) is 0.458. The normalized spacial score (nSPS) is 16.2. The number of piperazine rings is 1. The van der Waals surface area contributed by atoms with Crippen molar-refractivity contribution in [1.29, 1.82) is 0 Å². The van der Waals surface area contributed by atoms with Crippen LogP contribution in [0.4, 0.5) is 4.39 Å². The zero-order valence-electron chi connectivity index (χ0n) is 18.4. The minimum atomic E-state index is -0.559. The number of benzene rings is 1. The molecule has 4 rings (SSSR count). The lowest BCUT2D eigenvalue weighted by Crippen LogP contribution is -2.58. The molecule has 6 heteroatoms. The van der Waals surface area contributed by atoms with Crippen molar-refractivity contribution in [3.8, 4) is 11.1 Å². The van der Waals surface area contributed by atoms with E-state index in [1.807, 2.05) is 58.0 Å². The van der Waals surface area contributed by atoms with Gasteiger partial charge < -0.3 is 9.80 Å². The molecular formula is C24H32FN3O2. The molecule has 2 aromatic rings. The van der Waals surface area contributed by atoms with E-state index in [9.17, 15) is 14.0 Å². The van der Waals surface area contributed by atoms with E-state index >= 15 is 0 Å². The number of hydrogen-bond acceptors (Lipinski definition) is 3. The molecule has 1 saturated heterocycles. The Morgan fingerprint density at radius 1 is 0.967 bits per heavy atom. The lowest BCUT2D eigenvalue weighted by atomic mass is 9.91. The maximum Gasteiger partial charge on any atom is 0.312 e. The van der Waals surface area contributed by atoms with Crippen LogP contribution >= 0.6 is 0 Å². The van der Waals surface area contributed by atoms with Gasteiger partial charge in [0.15, 0.2) is 0 Å². The number of hydrogen-bond donors (Lipinski definition) is 0. The number of rotatable bonds is 4. The molecule has 2 amide bonds. The molecule has 30 heavy (non-hydrogen) atoms. The minimum absolute atomic E-state index is 0.0178. The van der Waals surface area contributed by atoms with E-state index in [-0.39, 0.29) is 18.3 Å². The zero-order chi connectivity index (χ0) is 22.1. The highest BCUT2D eigenvalue weighted by Gasteiger charge is 2.38. The van der Waals surface area contributed by atoms with E-state index in [0.717, 1.165) is 24.8 Å². The molecule has 0 bridgehead atoms. The van der Waals surface area contributed by atoms with E-state index in [1.165, 1.54) is 11.0 Å². The first kappa shape index (κ1) is 23.5. The van der Waals surface area contributed by atoms with Gasteiger partial charge in [-0.05, 0) is 30.9 Å². The molecule has 0 atom stereocenters. The first-order valence-corrected chi connectivity index (χ1v) is 10.9. The molecule has 0 spiro atoms. The summed E-state index contributed by atoms with van der Waals surface area (Å²) in [5, 5.41) is 0. The first-order valence-electron chi connectivity index (χ1n) is 10.9. The third-order valence-corrected chi connectivity index (χ3v) is 5.22. The Kier molecular flexibility index (Phi) is 8.96. The van der Waals surface area contributed by atoms with E-state index in [4.69, 9.17) is 0 Å².